The van der Waals surface area contributed by atoms with Gasteiger partial charge in [-0.05, 0) is 31.0 Å². The molecular weight excluding hydrogens is 322 g/mol. The monoisotopic (exact) mass is 337 g/mol. The zero-order valence-corrected chi connectivity index (χ0v) is 13.6. The van der Waals surface area contributed by atoms with Gasteiger partial charge in [0, 0.05) is 45.6 Å². The third kappa shape index (κ3) is 5.22. The molecule has 0 saturated carbocycles. The Morgan fingerprint density at radius 3 is 2.60 bits per heavy atom. The Hall–Kier alpha value is -0.920. The molecule has 20 heavy (non-hydrogen) atoms. The first kappa shape index (κ1) is 17.1. The molecule has 0 bridgehead atoms. The van der Waals surface area contributed by atoms with Crippen LogP contribution in [0.4, 0.5) is 0 Å². The van der Waals surface area contributed by atoms with Crippen LogP contribution >= 0.6 is 10.7 Å². The Balaban J connectivity index is 2.80. The molecule has 1 unspecified atom stereocenters. The van der Waals surface area contributed by atoms with Gasteiger partial charge in [-0.25, -0.2) is 8.42 Å². The molecule has 5 nitrogen and oxygen atoms in total. The van der Waals surface area contributed by atoms with Crippen LogP contribution in [-0.2, 0) is 19.9 Å². The van der Waals surface area contributed by atoms with Gasteiger partial charge in [-0.15, -0.1) is 0 Å². The molecule has 112 valence electrons. The second kappa shape index (κ2) is 7.19. The molecule has 0 heterocycles. The van der Waals surface area contributed by atoms with Crippen LogP contribution < -0.4 is 5.32 Å². The molecule has 1 aromatic rings. The Bertz CT molecular complexity index is 628. The van der Waals surface area contributed by atoms with E-state index in [4.69, 9.17) is 10.7 Å². The van der Waals surface area contributed by atoms with E-state index in [9.17, 15) is 17.4 Å². The van der Waals surface area contributed by atoms with Gasteiger partial charge in [0.15, 0.2) is 0 Å². The summed E-state index contributed by atoms with van der Waals surface area (Å²) >= 11 is 0. The molecule has 1 rings (SSSR count). The Morgan fingerprint density at radius 1 is 1.40 bits per heavy atom. The van der Waals surface area contributed by atoms with E-state index in [1.165, 1.54) is 18.2 Å². The Labute approximate surface area is 125 Å². The van der Waals surface area contributed by atoms with E-state index in [1.807, 2.05) is 0 Å². The molecule has 0 aliphatic carbocycles. The van der Waals surface area contributed by atoms with E-state index in [-0.39, 0.29) is 16.4 Å². The SMILES string of the molecule is Cc1ccc(S(=O)(=O)Cl)cc1C(=O)NCCCS(C)=O. The van der Waals surface area contributed by atoms with Crippen LogP contribution in [0.3, 0.4) is 0 Å². The highest BCUT2D eigenvalue weighted by Gasteiger charge is 2.15. The zero-order chi connectivity index (χ0) is 15.3. The van der Waals surface area contributed by atoms with Crippen LogP contribution in [-0.4, -0.2) is 37.1 Å². The first-order valence-electron chi connectivity index (χ1n) is 5.85. The normalized spacial score (nSPS) is 12.9. The summed E-state index contributed by atoms with van der Waals surface area (Å²) in [6, 6.07) is 4.14. The van der Waals surface area contributed by atoms with E-state index in [0.717, 1.165) is 0 Å². The quantitative estimate of drug-likeness (QED) is 0.629. The van der Waals surface area contributed by atoms with E-state index < -0.39 is 19.9 Å². The number of nitrogens with one attached hydrogen (secondary N) is 1. The summed E-state index contributed by atoms with van der Waals surface area (Å²) < 4.78 is 33.4. The molecule has 0 radical (unpaired) electrons. The van der Waals surface area contributed by atoms with Gasteiger partial charge in [0.2, 0.25) is 0 Å². The minimum absolute atomic E-state index is 0.107. The number of hydrogen-bond acceptors (Lipinski definition) is 4. The molecule has 0 aliphatic heterocycles. The number of rotatable bonds is 6. The van der Waals surface area contributed by atoms with E-state index in [2.05, 4.69) is 5.32 Å². The summed E-state index contributed by atoms with van der Waals surface area (Å²) in [6.45, 7) is 2.09. The van der Waals surface area contributed by atoms with Crippen LogP contribution in [0, 0.1) is 6.92 Å². The topological polar surface area (TPSA) is 80.3 Å². The number of carbonyl (C=O) groups excluding carboxylic acids is 1. The molecule has 0 saturated heterocycles. The van der Waals surface area contributed by atoms with Gasteiger partial charge in [0.05, 0.1) is 4.90 Å². The first-order valence-corrected chi connectivity index (χ1v) is 9.89. The molecule has 0 aliphatic rings. The summed E-state index contributed by atoms with van der Waals surface area (Å²) in [6.07, 6.45) is 2.20. The fourth-order valence-corrected chi connectivity index (χ4v) is 2.90. The van der Waals surface area contributed by atoms with Gasteiger partial charge >= 0.3 is 0 Å². The predicted octanol–water partition coefficient (Wildman–Crippen LogP) is 1.42. The average Bonchev–Trinajstić information content (AvgIpc) is 2.33. The van der Waals surface area contributed by atoms with Crippen LogP contribution in [0.1, 0.15) is 22.3 Å². The van der Waals surface area contributed by atoms with Gasteiger partial charge < -0.3 is 5.32 Å². The lowest BCUT2D eigenvalue weighted by molar-refractivity contribution is 0.0953. The van der Waals surface area contributed by atoms with Crippen molar-refractivity contribution in [3.63, 3.8) is 0 Å². The number of aryl methyl sites for hydroxylation is 1. The second-order valence-electron chi connectivity index (χ2n) is 4.30. The Morgan fingerprint density at radius 2 is 2.05 bits per heavy atom. The fraction of sp³-hybridized carbons (Fsp3) is 0.417. The maximum atomic E-state index is 12.0. The maximum absolute atomic E-state index is 12.0. The molecule has 1 aromatic carbocycles. The van der Waals surface area contributed by atoms with Gasteiger partial charge in [-0.1, -0.05) is 6.07 Å². The van der Waals surface area contributed by atoms with E-state index >= 15 is 0 Å². The van der Waals surface area contributed by atoms with Crippen LogP contribution in [0.15, 0.2) is 23.1 Å². The molecule has 0 spiro atoms. The maximum Gasteiger partial charge on any atom is 0.261 e. The van der Waals surface area contributed by atoms with Crippen molar-refractivity contribution in [2.75, 3.05) is 18.6 Å². The third-order valence-corrected chi connectivity index (χ3v) is 4.84. The summed E-state index contributed by atoms with van der Waals surface area (Å²) in [5.41, 5.74) is 0.926. The van der Waals surface area contributed by atoms with Crippen LogP contribution in [0.2, 0.25) is 0 Å². The molecule has 0 fully saturated rings. The lowest BCUT2D eigenvalue weighted by Gasteiger charge is -2.08. The molecule has 0 aromatic heterocycles. The average molecular weight is 338 g/mol. The van der Waals surface area contributed by atoms with Crippen molar-refractivity contribution in [3.05, 3.63) is 29.3 Å². The highest BCUT2D eigenvalue weighted by Crippen LogP contribution is 2.19. The van der Waals surface area contributed by atoms with E-state index in [0.29, 0.717) is 24.3 Å². The van der Waals surface area contributed by atoms with E-state index in [1.54, 1.807) is 13.2 Å². The molecule has 8 heteroatoms. The van der Waals surface area contributed by atoms with Crippen LogP contribution in [0.25, 0.3) is 0 Å². The smallest absolute Gasteiger partial charge is 0.261 e. The third-order valence-electron chi connectivity index (χ3n) is 2.63. The number of carbonyl (C=O) groups is 1. The van der Waals surface area contributed by atoms with Gasteiger partial charge in [0.1, 0.15) is 0 Å². The highest BCUT2D eigenvalue weighted by molar-refractivity contribution is 8.13. The molecule has 1 N–H and O–H groups in total. The summed E-state index contributed by atoms with van der Waals surface area (Å²) in [5, 5.41) is 2.66. The minimum Gasteiger partial charge on any atom is -0.352 e. The van der Waals surface area contributed by atoms with Crippen molar-refractivity contribution in [1.29, 1.82) is 0 Å². The summed E-state index contributed by atoms with van der Waals surface area (Å²) in [5.74, 6) is 0.140. The number of benzene rings is 1. The summed E-state index contributed by atoms with van der Waals surface area (Å²) in [7, 11) is 0.503. The van der Waals surface area contributed by atoms with Crippen molar-refractivity contribution in [2.45, 2.75) is 18.2 Å². The lowest BCUT2D eigenvalue weighted by Crippen LogP contribution is -2.26. The number of hydrogen-bond donors (Lipinski definition) is 1. The number of halogens is 1. The lowest BCUT2D eigenvalue weighted by atomic mass is 10.1. The number of amides is 1. The van der Waals surface area contributed by atoms with Gasteiger partial charge in [-0.3, -0.25) is 9.00 Å². The van der Waals surface area contributed by atoms with Crippen molar-refractivity contribution in [3.8, 4) is 0 Å². The second-order valence-corrected chi connectivity index (χ2v) is 8.42. The minimum atomic E-state index is -3.86. The van der Waals surface area contributed by atoms with Crippen molar-refractivity contribution >= 4 is 36.4 Å². The molecular formula is C12H16ClNO4S2. The molecule has 1 amide bonds. The molecule has 1 atom stereocenters. The van der Waals surface area contributed by atoms with Crippen molar-refractivity contribution in [1.82, 2.24) is 5.32 Å². The zero-order valence-electron chi connectivity index (χ0n) is 11.2. The summed E-state index contributed by atoms with van der Waals surface area (Å²) in [4.78, 5) is 11.9. The van der Waals surface area contributed by atoms with Crippen molar-refractivity contribution < 1.29 is 17.4 Å². The Kier molecular flexibility index (Phi) is 6.16. The standard InChI is InChI=1S/C12H16ClNO4S2/c1-9-4-5-10(20(13,17)18)8-11(9)12(15)14-6-3-7-19(2)16/h4-5,8H,3,6-7H2,1-2H3,(H,14,15). The fourth-order valence-electron chi connectivity index (χ4n) is 1.57. The van der Waals surface area contributed by atoms with Gasteiger partial charge in [0.25, 0.3) is 15.0 Å². The first-order chi connectivity index (χ1) is 9.21. The van der Waals surface area contributed by atoms with Crippen LogP contribution in [0.5, 0.6) is 0 Å². The van der Waals surface area contributed by atoms with Gasteiger partial charge in [-0.2, -0.15) is 0 Å². The highest BCUT2D eigenvalue weighted by atomic mass is 35.7. The predicted molar refractivity (Wildman–Crippen MR) is 80.1 cm³/mol. The largest absolute Gasteiger partial charge is 0.352 e. The van der Waals surface area contributed by atoms with Crippen molar-refractivity contribution in [2.24, 2.45) is 0 Å².